The lowest BCUT2D eigenvalue weighted by Crippen LogP contribution is -2.43. The fourth-order valence-electron chi connectivity index (χ4n) is 2.84. The zero-order chi connectivity index (χ0) is 15.1. The van der Waals surface area contributed by atoms with Crippen LogP contribution in [0.3, 0.4) is 0 Å². The van der Waals surface area contributed by atoms with E-state index in [0.717, 1.165) is 25.2 Å². The van der Waals surface area contributed by atoms with Crippen LogP contribution in [0.1, 0.15) is 38.3 Å². The maximum absolute atomic E-state index is 12.2. The van der Waals surface area contributed by atoms with Crippen LogP contribution >= 0.6 is 0 Å². The fraction of sp³-hybridized carbons (Fsp3) is 0.588. The summed E-state index contributed by atoms with van der Waals surface area (Å²) in [7, 11) is 0. The third-order valence-electron chi connectivity index (χ3n) is 4.13. The van der Waals surface area contributed by atoms with Gasteiger partial charge in [-0.25, -0.2) is 0 Å². The highest BCUT2D eigenvalue weighted by Gasteiger charge is 2.19. The van der Waals surface area contributed by atoms with Gasteiger partial charge in [0.2, 0.25) is 5.91 Å². The first kappa shape index (κ1) is 16.0. The Hall–Kier alpha value is -1.39. The highest BCUT2D eigenvalue weighted by molar-refractivity contribution is 5.78. The third kappa shape index (κ3) is 5.14. The second-order valence-corrected chi connectivity index (χ2v) is 5.82. The molecule has 4 heteroatoms. The fourth-order valence-corrected chi connectivity index (χ4v) is 2.84. The average molecular weight is 289 g/mol. The lowest BCUT2D eigenvalue weighted by Gasteiger charge is -2.24. The lowest BCUT2D eigenvalue weighted by molar-refractivity contribution is -0.122. The molecular formula is C17H27N3O. The first-order valence-electron chi connectivity index (χ1n) is 7.99. The van der Waals surface area contributed by atoms with E-state index in [0.29, 0.717) is 12.6 Å². The molecule has 1 aromatic rings. The van der Waals surface area contributed by atoms with Crippen LogP contribution in [0.2, 0.25) is 0 Å². The Bertz CT molecular complexity index is 429. The summed E-state index contributed by atoms with van der Waals surface area (Å²) in [6.07, 6.45) is 2.47. The van der Waals surface area contributed by atoms with Crippen molar-refractivity contribution in [1.82, 2.24) is 15.5 Å². The standard InChI is InChI=1S/C17H27N3O/c1-3-20(12-16-10-7-11-18-16)13-17(21)19-14(2)15-8-5-4-6-9-15/h4-6,8-9,14,16,18H,3,7,10-13H2,1-2H3,(H,19,21). The normalized spacial score (nSPS) is 19.7. The molecular weight excluding hydrogens is 262 g/mol. The van der Waals surface area contributed by atoms with Gasteiger partial charge in [0, 0.05) is 12.6 Å². The molecule has 4 nitrogen and oxygen atoms in total. The van der Waals surface area contributed by atoms with Crippen LogP contribution in [0.5, 0.6) is 0 Å². The van der Waals surface area contributed by atoms with Crippen molar-refractivity contribution in [1.29, 1.82) is 0 Å². The molecule has 2 rings (SSSR count). The minimum Gasteiger partial charge on any atom is -0.348 e. The van der Waals surface area contributed by atoms with Gasteiger partial charge in [0.15, 0.2) is 0 Å². The number of nitrogens with zero attached hydrogens (tertiary/aromatic N) is 1. The minimum atomic E-state index is 0.0574. The summed E-state index contributed by atoms with van der Waals surface area (Å²) in [5.74, 6) is 0.103. The molecule has 0 radical (unpaired) electrons. The minimum absolute atomic E-state index is 0.0574. The summed E-state index contributed by atoms with van der Waals surface area (Å²) >= 11 is 0. The van der Waals surface area contributed by atoms with Crippen molar-refractivity contribution in [2.24, 2.45) is 0 Å². The maximum atomic E-state index is 12.2. The van der Waals surface area contributed by atoms with Gasteiger partial charge < -0.3 is 10.6 Å². The molecule has 2 unspecified atom stereocenters. The van der Waals surface area contributed by atoms with Gasteiger partial charge in [0.25, 0.3) is 0 Å². The van der Waals surface area contributed by atoms with E-state index < -0.39 is 0 Å². The van der Waals surface area contributed by atoms with Crippen molar-refractivity contribution >= 4 is 5.91 Å². The van der Waals surface area contributed by atoms with E-state index >= 15 is 0 Å². The molecule has 1 fully saturated rings. The Morgan fingerprint density at radius 2 is 2.19 bits per heavy atom. The van der Waals surface area contributed by atoms with Crippen LogP contribution in [-0.4, -0.2) is 43.0 Å². The van der Waals surface area contributed by atoms with Crippen LogP contribution in [0.4, 0.5) is 0 Å². The summed E-state index contributed by atoms with van der Waals surface area (Å²) in [6.45, 7) is 7.60. The van der Waals surface area contributed by atoms with E-state index in [2.05, 4.69) is 22.5 Å². The van der Waals surface area contributed by atoms with E-state index in [1.54, 1.807) is 0 Å². The molecule has 1 aromatic carbocycles. The summed E-state index contributed by atoms with van der Waals surface area (Å²) < 4.78 is 0. The second kappa shape index (κ2) is 8.15. The smallest absolute Gasteiger partial charge is 0.234 e. The third-order valence-corrected chi connectivity index (χ3v) is 4.13. The van der Waals surface area contributed by atoms with Gasteiger partial charge in [-0.05, 0) is 38.4 Å². The SMILES string of the molecule is CCN(CC(=O)NC(C)c1ccccc1)CC1CCCN1. The number of rotatable bonds is 7. The van der Waals surface area contributed by atoms with E-state index in [-0.39, 0.29) is 11.9 Å². The van der Waals surface area contributed by atoms with Crippen LogP contribution in [-0.2, 0) is 4.79 Å². The van der Waals surface area contributed by atoms with Crippen molar-refractivity contribution in [3.05, 3.63) is 35.9 Å². The molecule has 116 valence electrons. The number of hydrogen-bond donors (Lipinski definition) is 2. The second-order valence-electron chi connectivity index (χ2n) is 5.82. The van der Waals surface area contributed by atoms with Gasteiger partial charge in [-0.3, -0.25) is 9.69 Å². The largest absolute Gasteiger partial charge is 0.348 e. The molecule has 0 spiro atoms. The number of likely N-dealkylation sites (N-methyl/N-ethyl adjacent to an activating group) is 1. The van der Waals surface area contributed by atoms with Crippen molar-refractivity contribution in [2.45, 2.75) is 38.8 Å². The van der Waals surface area contributed by atoms with E-state index in [1.807, 2.05) is 37.3 Å². The van der Waals surface area contributed by atoms with Crippen LogP contribution in [0, 0.1) is 0 Å². The monoisotopic (exact) mass is 289 g/mol. The lowest BCUT2D eigenvalue weighted by atomic mass is 10.1. The quantitative estimate of drug-likeness (QED) is 0.806. The topological polar surface area (TPSA) is 44.4 Å². The summed E-state index contributed by atoms with van der Waals surface area (Å²) in [5.41, 5.74) is 1.14. The van der Waals surface area contributed by atoms with Crippen LogP contribution < -0.4 is 10.6 Å². The highest BCUT2D eigenvalue weighted by atomic mass is 16.2. The van der Waals surface area contributed by atoms with Gasteiger partial charge in [-0.15, -0.1) is 0 Å². The number of benzene rings is 1. The summed E-state index contributed by atoms with van der Waals surface area (Å²) in [4.78, 5) is 14.4. The molecule has 0 aromatic heterocycles. The van der Waals surface area contributed by atoms with Gasteiger partial charge in [0.05, 0.1) is 12.6 Å². The van der Waals surface area contributed by atoms with E-state index in [9.17, 15) is 4.79 Å². The molecule has 1 heterocycles. The van der Waals surface area contributed by atoms with Crippen molar-refractivity contribution in [3.63, 3.8) is 0 Å². The number of carbonyl (C=O) groups excluding carboxylic acids is 1. The Morgan fingerprint density at radius 1 is 1.43 bits per heavy atom. The number of hydrogen-bond acceptors (Lipinski definition) is 3. The maximum Gasteiger partial charge on any atom is 0.234 e. The van der Waals surface area contributed by atoms with Crippen molar-refractivity contribution in [2.75, 3.05) is 26.2 Å². The van der Waals surface area contributed by atoms with Crippen LogP contribution in [0.15, 0.2) is 30.3 Å². The molecule has 21 heavy (non-hydrogen) atoms. The molecule has 2 N–H and O–H groups in total. The highest BCUT2D eigenvalue weighted by Crippen LogP contribution is 2.11. The Labute approximate surface area is 127 Å². The summed E-state index contributed by atoms with van der Waals surface area (Å²) in [5, 5.41) is 6.57. The molecule has 0 saturated carbocycles. The Balaban J connectivity index is 1.79. The first-order chi connectivity index (χ1) is 10.2. The molecule has 0 aliphatic carbocycles. The van der Waals surface area contributed by atoms with Crippen LogP contribution in [0.25, 0.3) is 0 Å². The number of nitrogens with one attached hydrogen (secondary N) is 2. The predicted molar refractivity (Wildman–Crippen MR) is 86.1 cm³/mol. The first-order valence-corrected chi connectivity index (χ1v) is 7.99. The van der Waals surface area contributed by atoms with Crippen molar-refractivity contribution in [3.8, 4) is 0 Å². The van der Waals surface area contributed by atoms with Gasteiger partial charge in [-0.2, -0.15) is 0 Å². The predicted octanol–water partition coefficient (Wildman–Crippen LogP) is 1.94. The zero-order valence-electron chi connectivity index (χ0n) is 13.1. The molecule has 1 aliphatic rings. The van der Waals surface area contributed by atoms with Gasteiger partial charge in [-0.1, -0.05) is 37.3 Å². The Kier molecular flexibility index (Phi) is 6.21. The molecule has 1 amide bonds. The Morgan fingerprint density at radius 3 is 2.81 bits per heavy atom. The summed E-state index contributed by atoms with van der Waals surface area (Å²) in [6, 6.07) is 10.7. The van der Waals surface area contributed by atoms with Gasteiger partial charge in [0.1, 0.15) is 0 Å². The molecule has 1 saturated heterocycles. The molecule has 2 atom stereocenters. The average Bonchev–Trinajstić information content (AvgIpc) is 3.00. The molecule has 0 bridgehead atoms. The molecule has 1 aliphatic heterocycles. The number of amides is 1. The van der Waals surface area contributed by atoms with Crippen molar-refractivity contribution < 1.29 is 4.79 Å². The van der Waals surface area contributed by atoms with Gasteiger partial charge >= 0.3 is 0 Å². The van der Waals surface area contributed by atoms with E-state index in [1.165, 1.54) is 12.8 Å². The zero-order valence-corrected chi connectivity index (χ0v) is 13.1. The van der Waals surface area contributed by atoms with E-state index in [4.69, 9.17) is 0 Å². The number of carbonyl (C=O) groups is 1.